The van der Waals surface area contributed by atoms with Crippen LogP contribution in [0.3, 0.4) is 0 Å². The summed E-state index contributed by atoms with van der Waals surface area (Å²) in [4.78, 5) is 4.28. The Morgan fingerprint density at radius 2 is 2.07 bits per heavy atom. The summed E-state index contributed by atoms with van der Waals surface area (Å²) in [6.07, 6.45) is 3.65. The summed E-state index contributed by atoms with van der Waals surface area (Å²) in [5, 5.41) is 2.24. The van der Waals surface area contributed by atoms with Gasteiger partial charge in [-0.05, 0) is 24.3 Å². The molecule has 3 aromatic rings. The quantitative estimate of drug-likeness (QED) is 0.541. The van der Waals surface area contributed by atoms with Crippen LogP contribution in [-0.2, 0) is 0 Å². The van der Waals surface area contributed by atoms with Crippen molar-refractivity contribution in [3.63, 3.8) is 0 Å². The fraction of sp³-hybridized carbons (Fsp3) is 0. The topological polar surface area (TPSA) is 43.8 Å². The molecular weight excluding hydrogens is 174 g/mol. The van der Waals surface area contributed by atoms with Gasteiger partial charge in [0, 0.05) is 23.2 Å². The summed E-state index contributed by atoms with van der Waals surface area (Å²) in [7, 11) is 0. The molecule has 0 fully saturated rings. The predicted molar refractivity (Wildman–Crippen MR) is 57.4 cm³/mol. The van der Waals surface area contributed by atoms with Gasteiger partial charge in [-0.25, -0.2) is 0 Å². The summed E-state index contributed by atoms with van der Waals surface area (Å²) < 4.78 is 1.64. The summed E-state index contributed by atoms with van der Waals surface area (Å²) in [6, 6.07) is 10.0. The molecule has 14 heavy (non-hydrogen) atoms. The lowest BCUT2D eigenvalue weighted by Crippen LogP contribution is -2.05. The maximum absolute atomic E-state index is 5.83. The van der Waals surface area contributed by atoms with Crippen molar-refractivity contribution in [2.45, 2.75) is 0 Å². The van der Waals surface area contributed by atoms with Gasteiger partial charge in [0.15, 0.2) is 0 Å². The molecule has 0 aliphatic heterocycles. The van der Waals surface area contributed by atoms with Crippen molar-refractivity contribution in [3.05, 3.63) is 42.7 Å². The maximum Gasteiger partial charge on any atom is 0.0784 e. The number of aromatic nitrogens is 2. The standard InChI is InChI=1S/C11H9N3/c12-14-7-5-8-3-4-10-9(11(8)14)2-1-6-13-10/h1-7H,12H2. The van der Waals surface area contributed by atoms with E-state index < -0.39 is 0 Å². The monoisotopic (exact) mass is 183 g/mol. The summed E-state index contributed by atoms with van der Waals surface area (Å²) in [5.41, 5.74) is 2.01. The zero-order valence-corrected chi connectivity index (χ0v) is 7.51. The molecule has 2 N–H and O–H groups in total. The molecule has 1 aromatic carbocycles. The average Bonchev–Trinajstić information content (AvgIpc) is 2.61. The lowest BCUT2D eigenvalue weighted by Gasteiger charge is -2.01. The van der Waals surface area contributed by atoms with Gasteiger partial charge in [0.2, 0.25) is 0 Å². The van der Waals surface area contributed by atoms with Crippen LogP contribution in [0.15, 0.2) is 42.7 Å². The molecule has 0 saturated heterocycles. The molecule has 2 heterocycles. The predicted octanol–water partition coefficient (Wildman–Crippen LogP) is 1.90. The van der Waals surface area contributed by atoms with E-state index in [1.54, 1.807) is 10.9 Å². The second kappa shape index (κ2) is 2.48. The first-order chi connectivity index (χ1) is 6.86. The Bertz CT molecular complexity index is 610. The van der Waals surface area contributed by atoms with Gasteiger partial charge < -0.3 is 5.84 Å². The Balaban J connectivity index is 2.65. The van der Waals surface area contributed by atoms with Gasteiger partial charge in [0.25, 0.3) is 0 Å². The summed E-state index contributed by atoms with van der Waals surface area (Å²) in [5.74, 6) is 5.83. The van der Waals surface area contributed by atoms with Crippen LogP contribution in [0.25, 0.3) is 21.8 Å². The van der Waals surface area contributed by atoms with Crippen LogP contribution < -0.4 is 5.84 Å². The van der Waals surface area contributed by atoms with Crippen molar-refractivity contribution in [3.8, 4) is 0 Å². The van der Waals surface area contributed by atoms with Crippen LogP contribution in [0.4, 0.5) is 0 Å². The van der Waals surface area contributed by atoms with Gasteiger partial charge in [-0.15, -0.1) is 0 Å². The first kappa shape index (κ1) is 7.38. The molecule has 3 nitrogen and oxygen atoms in total. The van der Waals surface area contributed by atoms with E-state index in [-0.39, 0.29) is 0 Å². The van der Waals surface area contributed by atoms with E-state index in [4.69, 9.17) is 5.84 Å². The number of nitrogen functional groups attached to an aromatic ring is 1. The van der Waals surface area contributed by atoms with E-state index in [1.807, 2.05) is 36.5 Å². The van der Waals surface area contributed by atoms with Gasteiger partial charge in [-0.1, -0.05) is 6.07 Å². The molecule has 0 aliphatic rings. The Morgan fingerprint density at radius 1 is 1.14 bits per heavy atom. The van der Waals surface area contributed by atoms with Crippen molar-refractivity contribution >= 4 is 21.8 Å². The van der Waals surface area contributed by atoms with Gasteiger partial charge in [-0.3, -0.25) is 9.66 Å². The lowest BCUT2D eigenvalue weighted by atomic mass is 10.1. The highest BCUT2D eigenvalue weighted by Gasteiger charge is 2.03. The Morgan fingerprint density at radius 3 is 3.00 bits per heavy atom. The molecule has 0 bridgehead atoms. The van der Waals surface area contributed by atoms with Crippen molar-refractivity contribution in [2.24, 2.45) is 0 Å². The maximum atomic E-state index is 5.83. The SMILES string of the molecule is Nn1ccc2ccc3ncccc3c21. The minimum Gasteiger partial charge on any atom is -0.339 e. The van der Waals surface area contributed by atoms with Gasteiger partial charge in [0.1, 0.15) is 0 Å². The number of nitrogens with two attached hydrogens (primary N) is 1. The van der Waals surface area contributed by atoms with E-state index in [2.05, 4.69) is 4.98 Å². The molecule has 0 unspecified atom stereocenters. The highest BCUT2D eigenvalue weighted by Crippen LogP contribution is 2.23. The summed E-state index contributed by atoms with van der Waals surface area (Å²) >= 11 is 0. The Labute approximate surface area is 80.7 Å². The first-order valence-corrected chi connectivity index (χ1v) is 4.46. The first-order valence-electron chi connectivity index (χ1n) is 4.46. The smallest absolute Gasteiger partial charge is 0.0784 e. The number of nitrogens with zero attached hydrogens (tertiary/aromatic N) is 2. The lowest BCUT2D eigenvalue weighted by molar-refractivity contribution is 1.07. The normalized spacial score (nSPS) is 11.1. The number of benzene rings is 1. The van der Waals surface area contributed by atoms with E-state index in [0.29, 0.717) is 0 Å². The van der Waals surface area contributed by atoms with Crippen molar-refractivity contribution < 1.29 is 0 Å². The fourth-order valence-electron chi connectivity index (χ4n) is 1.81. The minimum absolute atomic E-state index is 0.977. The van der Waals surface area contributed by atoms with Crippen molar-refractivity contribution in [1.29, 1.82) is 0 Å². The van der Waals surface area contributed by atoms with Crippen LogP contribution in [0.1, 0.15) is 0 Å². The van der Waals surface area contributed by atoms with Gasteiger partial charge in [-0.2, -0.15) is 0 Å². The van der Waals surface area contributed by atoms with Crippen LogP contribution >= 0.6 is 0 Å². The van der Waals surface area contributed by atoms with Gasteiger partial charge in [0.05, 0.1) is 11.0 Å². The third kappa shape index (κ3) is 0.836. The highest BCUT2D eigenvalue weighted by molar-refractivity contribution is 6.04. The van der Waals surface area contributed by atoms with Gasteiger partial charge >= 0.3 is 0 Å². The second-order valence-corrected chi connectivity index (χ2v) is 3.30. The molecule has 0 atom stereocenters. The zero-order valence-electron chi connectivity index (χ0n) is 7.51. The minimum atomic E-state index is 0.977. The number of pyridine rings is 1. The number of rotatable bonds is 0. The van der Waals surface area contributed by atoms with Crippen LogP contribution in [0, 0.1) is 0 Å². The zero-order chi connectivity index (χ0) is 9.54. The average molecular weight is 183 g/mol. The Hall–Kier alpha value is -2.03. The summed E-state index contributed by atoms with van der Waals surface area (Å²) in [6.45, 7) is 0. The molecule has 0 radical (unpaired) electrons. The fourth-order valence-corrected chi connectivity index (χ4v) is 1.81. The van der Waals surface area contributed by atoms with E-state index in [0.717, 1.165) is 21.8 Å². The van der Waals surface area contributed by atoms with Crippen molar-refractivity contribution in [1.82, 2.24) is 9.66 Å². The molecule has 0 saturated carbocycles. The molecule has 3 rings (SSSR count). The second-order valence-electron chi connectivity index (χ2n) is 3.30. The highest BCUT2D eigenvalue weighted by atomic mass is 15.3. The number of fused-ring (bicyclic) bond motifs is 3. The van der Waals surface area contributed by atoms with E-state index in [9.17, 15) is 0 Å². The number of hydrogen-bond acceptors (Lipinski definition) is 2. The molecule has 68 valence electrons. The molecule has 0 spiro atoms. The van der Waals surface area contributed by atoms with Crippen LogP contribution in [-0.4, -0.2) is 9.66 Å². The Kier molecular flexibility index (Phi) is 1.31. The van der Waals surface area contributed by atoms with Crippen LogP contribution in [0.2, 0.25) is 0 Å². The van der Waals surface area contributed by atoms with Crippen molar-refractivity contribution in [2.75, 3.05) is 5.84 Å². The third-order valence-corrected chi connectivity index (χ3v) is 2.46. The third-order valence-electron chi connectivity index (χ3n) is 2.46. The molecule has 0 amide bonds. The molecule has 0 aliphatic carbocycles. The van der Waals surface area contributed by atoms with E-state index >= 15 is 0 Å². The van der Waals surface area contributed by atoms with Crippen LogP contribution in [0.5, 0.6) is 0 Å². The molecule has 2 aromatic heterocycles. The molecule has 3 heteroatoms. The largest absolute Gasteiger partial charge is 0.339 e. The van der Waals surface area contributed by atoms with E-state index in [1.165, 1.54) is 0 Å². The number of hydrogen-bond donors (Lipinski definition) is 1. The molecular formula is C11H9N3.